The van der Waals surface area contributed by atoms with Gasteiger partial charge in [-0.25, -0.2) is 4.39 Å². The van der Waals surface area contributed by atoms with Gasteiger partial charge >= 0.3 is 0 Å². The maximum absolute atomic E-state index is 13.2. The van der Waals surface area contributed by atoms with Crippen LogP contribution in [0.2, 0.25) is 0 Å². The molecule has 20 heavy (non-hydrogen) atoms. The van der Waals surface area contributed by atoms with E-state index in [4.69, 9.17) is 15.7 Å². The second kappa shape index (κ2) is 6.51. The standard InChI is InChI=1S/C15H12BrFN2O/c16-13-6-10(7-18)2-4-15(13)20-9-11-1-3-14(17)12(5-11)8-19/h1-6H,7,9,18H2. The largest absolute Gasteiger partial charge is 0.488 e. The highest BCUT2D eigenvalue weighted by Crippen LogP contribution is 2.26. The van der Waals surface area contributed by atoms with Crippen LogP contribution >= 0.6 is 15.9 Å². The average Bonchev–Trinajstić information content (AvgIpc) is 2.47. The lowest BCUT2D eigenvalue weighted by Crippen LogP contribution is -1.99. The van der Waals surface area contributed by atoms with Crippen molar-refractivity contribution >= 4 is 15.9 Å². The van der Waals surface area contributed by atoms with E-state index in [2.05, 4.69) is 15.9 Å². The summed E-state index contributed by atoms with van der Waals surface area (Å²) < 4.78 is 19.6. The summed E-state index contributed by atoms with van der Waals surface area (Å²) in [6.45, 7) is 0.720. The highest BCUT2D eigenvalue weighted by Gasteiger charge is 2.05. The van der Waals surface area contributed by atoms with Crippen LogP contribution in [0, 0.1) is 17.1 Å². The fourth-order valence-corrected chi connectivity index (χ4v) is 2.24. The summed E-state index contributed by atoms with van der Waals surface area (Å²) in [5.74, 6) is 0.148. The number of nitrogens with zero attached hydrogens (tertiary/aromatic N) is 1. The van der Waals surface area contributed by atoms with Gasteiger partial charge in [0.25, 0.3) is 0 Å². The predicted molar refractivity (Wildman–Crippen MR) is 77.5 cm³/mol. The van der Waals surface area contributed by atoms with Gasteiger partial charge in [-0.1, -0.05) is 12.1 Å². The molecule has 0 atom stereocenters. The minimum absolute atomic E-state index is 0.0173. The quantitative estimate of drug-likeness (QED) is 0.930. The molecule has 0 heterocycles. The van der Waals surface area contributed by atoms with Gasteiger partial charge in [0, 0.05) is 6.54 Å². The Bertz CT molecular complexity index is 667. The van der Waals surface area contributed by atoms with E-state index in [1.807, 2.05) is 18.2 Å². The molecule has 0 aliphatic heterocycles. The van der Waals surface area contributed by atoms with E-state index < -0.39 is 5.82 Å². The minimum Gasteiger partial charge on any atom is -0.488 e. The molecule has 2 aromatic carbocycles. The first kappa shape index (κ1) is 14.5. The molecule has 3 nitrogen and oxygen atoms in total. The van der Waals surface area contributed by atoms with E-state index in [-0.39, 0.29) is 12.2 Å². The minimum atomic E-state index is -0.523. The molecule has 5 heteroatoms. The number of ether oxygens (including phenoxy) is 1. The van der Waals surface area contributed by atoms with E-state index in [1.54, 1.807) is 12.1 Å². The number of hydrogen-bond donors (Lipinski definition) is 1. The van der Waals surface area contributed by atoms with Crippen molar-refractivity contribution in [2.45, 2.75) is 13.2 Å². The third kappa shape index (κ3) is 3.35. The molecule has 0 aliphatic rings. The Labute approximate surface area is 124 Å². The maximum atomic E-state index is 13.2. The van der Waals surface area contributed by atoms with E-state index >= 15 is 0 Å². The van der Waals surface area contributed by atoms with Crippen LogP contribution in [0.3, 0.4) is 0 Å². The van der Waals surface area contributed by atoms with Crippen molar-refractivity contribution in [1.29, 1.82) is 5.26 Å². The number of benzene rings is 2. The zero-order valence-electron chi connectivity index (χ0n) is 10.6. The Morgan fingerprint density at radius 3 is 2.60 bits per heavy atom. The molecular formula is C15H12BrFN2O. The summed E-state index contributed by atoms with van der Waals surface area (Å²) in [5, 5.41) is 8.78. The third-order valence-electron chi connectivity index (χ3n) is 2.78. The fraction of sp³-hybridized carbons (Fsp3) is 0.133. The molecular weight excluding hydrogens is 323 g/mol. The Morgan fingerprint density at radius 2 is 1.95 bits per heavy atom. The normalized spacial score (nSPS) is 10.1. The van der Waals surface area contributed by atoms with Crippen LogP contribution in [0.1, 0.15) is 16.7 Å². The summed E-state index contributed by atoms with van der Waals surface area (Å²) >= 11 is 3.41. The molecule has 102 valence electrons. The smallest absolute Gasteiger partial charge is 0.140 e. The predicted octanol–water partition coefficient (Wildman–Crippen LogP) is 3.50. The monoisotopic (exact) mass is 334 g/mol. The molecule has 0 radical (unpaired) electrons. The van der Waals surface area contributed by atoms with Crippen molar-refractivity contribution in [1.82, 2.24) is 0 Å². The van der Waals surface area contributed by atoms with Gasteiger partial charge in [0.2, 0.25) is 0 Å². The molecule has 0 fully saturated rings. The van der Waals surface area contributed by atoms with Gasteiger partial charge in [0.05, 0.1) is 10.0 Å². The molecule has 2 aromatic rings. The van der Waals surface area contributed by atoms with Gasteiger partial charge < -0.3 is 10.5 Å². The first-order valence-corrected chi connectivity index (χ1v) is 6.73. The number of nitriles is 1. The number of halogens is 2. The van der Waals surface area contributed by atoms with Crippen molar-refractivity contribution in [3.05, 3.63) is 63.4 Å². The number of rotatable bonds is 4. The molecule has 0 saturated heterocycles. The van der Waals surface area contributed by atoms with Crippen LogP contribution in [0.5, 0.6) is 5.75 Å². The van der Waals surface area contributed by atoms with Crippen LogP contribution in [-0.2, 0) is 13.2 Å². The molecule has 0 amide bonds. The summed E-state index contributed by atoms with van der Waals surface area (Å²) in [6.07, 6.45) is 0. The van der Waals surface area contributed by atoms with Crippen molar-refractivity contribution in [2.75, 3.05) is 0 Å². The molecule has 0 unspecified atom stereocenters. The maximum Gasteiger partial charge on any atom is 0.140 e. The van der Waals surface area contributed by atoms with Crippen molar-refractivity contribution < 1.29 is 9.13 Å². The lowest BCUT2D eigenvalue weighted by atomic mass is 10.1. The second-order valence-electron chi connectivity index (χ2n) is 4.18. The molecule has 0 aromatic heterocycles. The molecule has 0 bridgehead atoms. The fourth-order valence-electron chi connectivity index (χ4n) is 1.70. The van der Waals surface area contributed by atoms with E-state index in [1.165, 1.54) is 12.1 Å². The SMILES string of the molecule is N#Cc1cc(COc2ccc(CN)cc2Br)ccc1F. The van der Waals surface area contributed by atoms with Gasteiger partial charge in [-0.05, 0) is 51.3 Å². The van der Waals surface area contributed by atoms with Crippen LogP contribution in [0.25, 0.3) is 0 Å². The first-order chi connectivity index (χ1) is 9.63. The van der Waals surface area contributed by atoms with Crippen molar-refractivity contribution in [2.24, 2.45) is 5.73 Å². The van der Waals surface area contributed by atoms with E-state index in [9.17, 15) is 4.39 Å². The lowest BCUT2D eigenvalue weighted by Gasteiger charge is -2.09. The van der Waals surface area contributed by atoms with E-state index in [0.717, 1.165) is 15.6 Å². The Hall–Kier alpha value is -1.90. The highest BCUT2D eigenvalue weighted by atomic mass is 79.9. The van der Waals surface area contributed by atoms with Gasteiger partial charge in [-0.15, -0.1) is 0 Å². The van der Waals surface area contributed by atoms with Crippen LogP contribution in [0.4, 0.5) is 4.39 Å². The molecule has 2 N–H and O–H groups in total. The lowest BCUT2D eigenvalue weighted by molar-refractivity contribution is 0.304. The van der Waals surface area contributed by atoms with Gasteiger partial charge in [-0.3, -0.25) is 0 Å². The number of nitrogens with two attached hydrogens (primary N) is 1. The Balaban J connectivity index is 2.11. The van der Waals surface area contributed by atoms with E-state index in [0.29, 0.717) is 12.3 Å². The van der Waals surface area contributed by atoms with Crippen LogP contribution in [-0.4, -0.2) is 0 Å². The zero-order valence-corrected chi connectivity index (χ0v) is 12.2. The summed E-state index contributed by atoms with van der Waals surface area (Å²) in [7, 11) is 0. The Kier molecular flexibility index (Phi) is 4.72. The molecule has 0 aliphatic carbocycles. The zero-order chi connectivity index (χ0) is 14.5. The number of hydrogen-bond acceptors (Lipinski definition) is 3. The van der Waals surface area contributed by atoms with Gasteiger partial charge in [-0.2, -0.15) is 5.26 Å². The molecule has 2 rings (SSSR count). The summed E-state index contributed by atoms with van der Waals surface area (Å²) in [4.78, 5) is 0. The molecule has 0 spiro atoms. The summed E-state index contributed by atoms with van der Waals surface area (Å²) in [5.41, 5.74) is 7.30. The Morgan fingerprint density at radius 1 is 1.20 bits per heavy atom. The highest BCUT2D eigenvalue weighted by molar-refractivity contribution is 9.10. The first-order valence-electron chi connectivity index (χ1n) is 5.94. The average molecular weight is 335 g/mol. The van der Waals surface area contributed by atoms with Gasteiger partial charge in [0.15, 0.2) is 0 Å². The molecule has 0 saturated carbocycles. The van der Waals surface area contributed by atoms with Crippen LogP contribution < -0.4 is 10.5 Å². The second-order valence-corrected chi connectivity index (χ2v) is 5.04. The van der Waals surface area contributed by atoms with Crippen molar-refractivity contribution in [3.63, 3.8) is 0 Å². The topological polar surface area (TPSA) is 59.0 Å². The van der Waals surface area contributed by atoms with Crippen LogP contribution in [0.15, 0.2) is 40.9 Å². The van der Waals surface area contributed by atoms with Gasteiger partial charge in [0.1, 0.15) is 24.2 Å². The van der Waals surface area contributed by atoms with Crippen molar-refractivity contribution in [3.8, 4) is 11.8 Å². The third-order valence-corrected chi connectivity index (χ3v) is 3.40. The summed E-state index contributed by atoms with van der Waals surface area (Å²) in [6, 6.07) is 11.7.